The van der Waals surface area contributed by atoms with Gasteiger partial charge in [-0.05, 0) is 80.1 Å². The van der Waals surface area contributed by atoms with Crippen LogP contribution in [0.4, 0.5) is 0 Å². The number of hydrogen-bond acceptors (Lipinski definition) is 7. The average Bonchev–Trinajstić information content (AvgIpc) is 3.09. The highest BCUT2D eigenvalue weighted by Crippen LogP contribution is 2.62. The number of aliphatic hydroxyl groups excluding tert-OH is 3. The lowest BCUT2D eigenvalue weighted by Crippen LogP contribution is -2.61. The molecule has 178 valence electrons. The van der Waals surface area contributed by atoms with E-state index in [-0.39, 0.29) is 17.3 Å². The summed E-state index contributed by atoms with van der Waals surface area (Å²) in [5, 5.41) is 39.8. The van der Waals surface area contributed by atoms with E-state index in [2.05, 4.69) is 6.92 Å². The van der Waals surface area contributed by atoms with E-state index in [1.54, 1.807) is 0 Å². The van der Waals surface area contributed by atoms with Gasteiger partial charge in [0.05, 0.1) is 6.10 Å². The van der Waals surface area contributed by atoms with Gasteiger partial charge in [-0.15, -0.1) is 0 Å². The lowest BCUT2D eigenvalue weighted by atomic mass is 9.52. The first-order valence-corrected chi connectivity index (χ1v) is 12.0. The zero-order valence-corrected chi connectivity index (χ0v) is 18.4. The van der Waals surface area contributed by atoms with Crippen LogP contribution in [0.25, 0.3) is 0 Å². The van der Waals surface area contributed by atoms with Crippen LogP contribution in [-0.4, -0.2) is 69.0 Å². The maximum absolute atomic E-state index is 11.9. The molecule has 4 N–H and O–H groups in total. The van der Waals surface area contributed by atoms with Gasteiger partial charge in [-0.25, -0.2) is 4.79 Å². The van der Waals surface area contributed by atoms with Crippen molar-refractivity contribution in [3.8, 4) is 0 Å². The Hall–Kier alpha value is -1.32. The molecule has 0 amide bonds. The first-order valence-electron chi connectivity index (χ1n) is 12.0. The van der Waals surface area contributed by atoms with E-state index in [1.165, 1.54) is 5.57 Å². The summed E-state index contributed by atoms with van der Waals surface area (Å²) in [5.74, 6) is 1.04. The minimum absolute atomic E-state index is 0.115. The Bertz CT molecular complexity index is 810. The van der Waals surface area contributed by atoms with E-state index < -0.39 is 36.7 Å². The van der Waals surface area contributed by atoms with E-state index in [0.717, 1.165) is 44.9 Å². The van der Waals surface area contributed by atoms with Gasteiger partial charge < -0.3 is 29.9 Å². The van der Waals surface area contributed by atoms with Crippen LogP contribution in [-0.2, 0) is 19.1 Å². The maximum atomic E-state index is 11.9. The molecule has 5 aliphatic rings. The van der Waals surface area contributed by atoms with Gasteiger partial charge in [-0.1, -0.05) is 12.5 Å². The normalized spacial score (nSPS) is 50.8. The van der Waals surface area contributed by atoms with Crippen molar-refractivity contribution < 1.29 is 39.5 Å². The summed E-state index contributed by atoms with van der Waals surface area (Å²) in [6.07, 6.45) is 1.41. The van der Waals surface area contributed by atoms with Crippen molar-refractivity contribution in [2.75, 3.05) is 0 Å². The van der Waals surface area contributed by atoms with Crippen molar-refractivity contribution in [1.82, 2.24) is 0 Å². The molecule has 0 unspecified atom stereocenters. The smallest absolute Gasteiger partial charge is 0.335 e. The quantitative estimate of drug-likeness (QED) is 0.507. The molecule has 8 heteroatoms. The maximum Gasteiger partial charge on any atom is 0.335 e. The second kappa shape index (κ2) is 8.17. The molecular formula is C24H34O8. The first-order chi connectivity index (χ1) is 15.2. The molecule has 1 aliphatic heterocycles. The van der Waals surface area contributed by atoms with Gasteiger partial charge >= 0.3 is 5.97 Å². The number of carboxylic acid groups (broad SMARTS) is 1. The number of allylic oxidation sites excluding steroid dienone is 1. The molecule has 0 radical (unpaired) electrons. The van der Waals surface area contributed by atoms with Crippen molar-refractivity contribution >= 4 is 11.8 Å². The molecule has 1 heterocycles. The Morgan fingerprint density at radius 1 is 1.03 bits per heavy atom. The number of carbonyl (C=O) groups excluding carboxylic acids is 1. The summed E-state index contributed by atoms with van der Waals surface area (Å²) in [5.41, 5.74) is 1.23. The van der Waals surface area contributed by atoms with Gasteiger partial charge in [0.25, 0.3) is 0 Å². The van der Waals surface area contributed by atoms with E-state index in [0.29, 0.717) is 30.1 Å². The zero-order chi connectivity index (χ0) is 22.8. The molecule has 0 aromatic rings. The summed E-state index contributed by atoms with van der Waals surface area (Å²) in [6.45, 7) is 2.23. The molecule has 8 nitrogen and oxygen atoms in total. The number of aliphatic carboxylic acids is 1. The summed E-state index contributed by atoms with van der Waals surface area (Å²) in [4.78, 5) is 23.3. The highest BCUT2D eigenvalue weighted by atomic mass is 16.7. The number of aliphatic hydroxyl groups is 3. The minimum atomic E-state index is -1.71. The number of carboxylic acids is 1. The van der Waals surface area contributed by atoms with E-state index >= 15 is 0 Å². The largest absolute Gasteiger partial charge is 0.479 e. The molecule has 1 saturated heterocycles. The van der Waals surface area contributed by atoms with Crippen LogP contribution in [0.2, 0.25) is 0 Å². The predicted molar refractivity (Wildman–Crippen MR) is 111 cm³/mol. The standard InChI is InChI=1S/C24H34O8/c1-24-9-8-14-13-5-3-12(25)10-11(13)2-4-15(14)16(24)6-7-17(24)31-23-20(28)18(26)19(27)21(32-23)22(29)30/h10,13-21,23,26-28H,2-9H2,1H3,(H,29,30)/t13-,14+,15+,16-,17+,18-,19-,20+,21-,23+,24-/m0/s1. The highest BCUT2D eigenvalue weighted by molar-refractivity contribution is 5.91. The monoisotopic (exact) mass is 450 g/mol. The Labute approximate surface area is 187 Å². The first kappa shape index (κ1) is 22.5. The molecule has 3 saturated carbocycles. The number of hydrogen-bond donors (Lipinski definition) is 4. The summed E-state index contributed by atoms with van der Waals surface area (Å²) in [6, 6.07) is 0. The molecule has 4 aliphatic carbocycles. The summed E-state index contributed by atoms with van der Waals surface area (Å²) >= 11 is 0. The molecule has 0 spiro atoms. The summed E-state index contributed by atoms with van der Waals surface area (Å²) < 4.78 is 11.6. The molecule has 0 bridgehead atoms. The SMILES string of the molecule is C[C@]12CC[C@H]3[C@@H](CCC4=CC(=O)CC[C@@H]43)[C@@H]1CC[C@H]2O[C@@H]1O[C@H](C(=O)O)[C@@H](O)[C@H](O)[C@H]1O. The summed E-state index contributed by atoms with van der Waals surface area (Å²) in [7, 11) is 0. The third-order valence-electron chi connectivity index (χ3n) is 9.32. The Morgan fingerprint density at radius 3 is 2.56 bits per heavy atom. The molecule has 5 rings (SSSR count). The average molecular weight is 451 g/mol. The van der Waals surface area contributed by atoms with Crippen LogP contribution in [0.3, 0.4) is 0 Å². The number of carbonyl (C=O) groups is 2. The molecule has 32 heavy (non-hydrogen) atoms. The molecule has 4 fully saturated rings. The van der Waals surface area contributed by atoms with Crippen LogP contribution < -0.4 is 0 Å². The van der Waals surface area contributed by atoms with Crippen molar-refractivity contribution in [2.24, 2.45) is 29.1 Å². The van der Waals surface area contributed by atoms with Gasteiger partial charge in [-0.3, -0.25) is 4.79 Å². The van der Waals surface area contributed by atoms with E-state index in [4.69, 9.17) is 9.47 Å². The minimum Gasteiger partial charge on any atom is -0.479 e. The van der Waals surface area contributed by atoms with Gasteiger partial charge in [-0.2, -0.15) is 0 Å². The van der Waals surface area contributed by atoms with E-state index in [1.807, 2.05) is 6.08 Å². The third-order valence-corrected chi connectivity index (χ3v) is 9.32. The van der Waals surface area contributed by atoms with Crippen molar-refractivity contribution in [3.05, 3.63) is 11.6 Å². The fraction of sp³-hybridized carbons (Fsp3) is 0.833. The second-order valence-electron chi connectivity index (χ2n) is 10.8. The van der Waals surface area contributed by atoms with Crippen molar-refractivity contribution in [1.29, 1.82) is 0 Å². The van der Waals surface area contributed by atoms with Crippen LogP contribution in [0, 0.1) is 29.1 Å². The van der Waals surface area contributed by atoms with Crippen molar-refractivity contribution in [3.63, 3.8) is 0 Å². The van der Waals surface area contributed by atoms with Gasteiger partial charge in [0.1, 0.15) is 18.3 Å². The van der Waals surface area contributed by atoms with E-state index in [9.17, 15) is 30.0 Å². The number of rotatable bonds is 3. The Balaban J connectivity index is 1.31. The Kier molecular flexibility index (Phi) is 5.73. The predicted octanol–water partition coefficient (Wildman–Crippen LogP) is 1.41. The molecule has 0 aromatic carbocycles. The topological polar surface area (TPSA) is 134 Å². The second-order valence-corrected chi connectivity index (χ2v) is 10.8. The number of fused-ring (bicyclic) bond motifs is 5. The lowest BCUT2D eigenvalue weighted by molar-refractivity contribution is -0.312. The van der Waals surface area contributed by atoms with Crippen LogP contribution in [0.5, 0.6) is 0 Å². The number of ketones is 1. The Morgan fingerprint density at radius 2 is 1.81 bits per heavy atom. The van der Waals surface area contributed by atoms with Gasteiger partial charge in [0, 0.05) is 6.42 Å². The fourth-order valence-electron chi connectivity index (χ4n) is 7.68. The van der Waals surface area contributed by atoms with Crippen LogP contribution in [0.1, 0.15) is 58.3 Å². The highest BCUT2D eigenvalue weighted by Gasteiger charge is 2.58. The zero-order valence-electron chi connectivity index (χ0n) is 18.4. The van der Waals surface area contributed by atoms with Crippen LogP contribution in [0.15, 0.2) is 11.6 Å². The van der Waals surface area contributed by atoms with Crippen molar-refractivity contribution in [2.45, 2.75) is 95.1 Å². The molecular weight excluding hydrogens is 416 g/mol. The third kappa shape index (κ3) is 3.46. The number of ether oxygens (including phenoxy) is 2. The molecule has 11 atom stereocenters. The lowest BCUT2D eigenvalue weighted by Gasteiger charge is -2.54. The van der Waals surface area contributed by atoms with Gasteiger partial charge in [0.2, 0.25) is 0 Å². The molecule has 0 aromatic heterocycles. The van der Waals surface area contributed by atoms with Gasteiger partial charge in [0.15, 0.2) is 18.2 Å². The van der Waals surface area contributed by atoms with Crippen LogP contribution >= 0.6 is 0 Å². The fourth-order valence-corrected chi connectivity index (χ4v) is 7.68.